The maximum Gasteiger partial charge on any atom is 0.224 e. The van der Waals surface area contributed by atoms with Crippen LogP contribution in [-0.2, 0) is 9.59 Å². The van der Waals surface area contributed by atoms with Gasteiger partial charge in [-0.15, -0.1) is 22.7 Å². The van der Waals surface area contributed by atoms with Crippen LogP contribution in [0.1, 0.15) is 137 Å². The quantitative estimate of drug-likeness (QED) is 0.343. The number of hydrogen-bond acceptors (Lipinski definition) is 4. The monoisotopic (exact) mass is 568 g/mol. The van der Waals surface area contributed by atoms with E-state index in [1.807, 2.05) is 22.7 Å². The van der Waals surface area contributed by atoms with E-state index in [0.717, 1.165) is 51.4 Å². The third-order valence-corrected chi connectivity index (χ3v) is 11.8. The molecule has 0 amide bonds. The summed E-state index contributed by atoms with van der Waals surface area (Å²) in [6.07, 6.45) is 20.9. The van der Waals surface area contributed by atoms with Crippen molar-refractivity contribution in [1.82, 2.24) is 0 Å². The van der Waals surface area contributed by atoms with Crippen molar-refractivity contribution in [3.8, 4) is 0 Å². The molecule has 2 saturated carbocycles. The molecule has 0 saturated heterocycles. The number of fused-ring (bicyclic) bond motifs is 1. The average molecular weight is 570 g/mol. The Balaban J connectivity index is 1.52. The first kappa shape index (κ1) is 28.6. The normalized spacial score (nSPS) is 28.2. The predicted molar refractivity (Wildman–Crippen MR) is 157 cm³/mol. The van der Waals surface area contributed by atoms with E-state index < -0.39 is 0 Å². The highest BCUT2D eigenvalue weighted by Gasteiger charge is 2.27. The molecule has 2 aromatic rings. The minimum atomic E-state index is -0.143. The summed E-state index contributed by atoms with van der Waals surface area (Å²) in [5.41, 5.74) is 0. The zero-order valence-corrected chi connectivity index (χ0v) is 24.7. The largest absolute Gasteiger partial charge is 0.281 e. The van der Waals surface area contributed by atoms with Gasteiger partial charge in [0.1, 0.15) is 0 Å². The van der Waals surface area contributed by atoms with Crippen LogP contribution in [0.25, 0.3) is 9.40 Å². The van der Waals surface area contributed by atoms with Gasteiger partial charge in [0.15, 0.2) is 0 Å². The number of thiophene rings is 2. The second-order valence-corrected chi connectivity index (χ2v) is 14.3. The molecule has 0 radical (unpaired) electrons. The van der Waals surface area contributed by atoms with Crippen molar-refractivity contribution in [2.45, 2.75) is 127 Å². The molecule has 2 aromatic heterocycles. The molecule has 2 fully saturated rings. The van der Waals surface area contributed by atoms with Gasteiger partial charge < -0.3 is 0 Å². The second kappa shape index (κ2) is 14.7. The van der Waals surface area contributed by atoms with E-state index >= 15 is 0 Å². The summed E-state index contributed by atoms with van der Waals surface area (Å²) in [7, 11) is 0. The Labute approximate surface area is 235 Å². The van der Waals surface area contributed by atoms with Crippen molar-refractivity contribution in [3.63, 3.8) is 0 Å². The molecule has 4 rings (SSSR count). The molecule has 6 heteroatoms. The SMILES string of the molecule is O=C(Cl)C1CCCCCCCCC(c2cc3sc(C4CCCCCCCCC(C(=O)Cl)C4)cc3s2)C1. The Morgan fingerprint density at radius 1 is 0.556 bits per heavy atom. The molecule has 0 aliphatic heterocycles. The summed E-state index contributed by atoms with van der Waals surface area (Å²) >= 11 is 16.0. The molecule has 2 nitrogen and oxygen atoms in total. The zero-order chi connectivity index (χ0) is 25.3. The first-order valence-corrected chi connectivity index (χ1v) is 16.8. The van der Waals surface area contributed by atoms with Crippen LogP contribution in [0.15, 0.2) is 12.1 Å². The van der Waals surface area contributed by atoms with E-state index in [1.54, 1.807) is 0 Å². The summed E-state index contributed by atoms with van der Waals surface area (Å²) in [4.78, 5) is 27.3. The van der Waals surface area contributed by atoms with Crippen molar-refractivity contribution in [1.29, 1.82) is 0 Å². The molecule has 0 spiro atoms. The number of halogens is 2. The van der Waals surface area contributed by atoms with Gasteiger partial charge in [-0.3, -0.25) is 9.59 Å². The van der Waals surface area contributed by atoms with Gasteiger partial charge >= 0.3 is 0 Å². The average Bonchev–Trinajstić information content (AvgIpc) is 3.38. The van der Waals surface area contributed by atoms with Crippen LogP contribution >= 0.6 is 45.9 Å². The fourth-order valence-electron chi connectivity index (χ4n) is 6.34. The molecule has 4 atom stereocenters. The van der Waals surface area contributed by atoms with Gasteiger partial charge in [0, 0.05) is 31.0 Å². The van der Waals surface area contributed by atoms with Gasteiger partial charge in [-0.1, -0.05) is 77.0 Å². The van der Waals surface area contributed by atoms with Crippen LogP contribution in [0.3, 0.4) is 0 Å². The highest BCUT2D eigenvalue weighted by Crippen LogP contribution is 2.45. The zero-order valence-electron chi connectivity index (χ0n) is 21.6. The first-order valence-electron chi connectivity index (χ1n) is 14.4. The van der Waals surface area contributed by atoms with Gasteiger partial charge in [0.2, 0.25) is 10.5 Å². The van der Waals surface area contributed by atoms with Gasteiger partial charge in [-0.05, 0) is 85.7 Å². The fourth-order valence-corrected chi connectivity index (χ4v) is 9.45. The number of hydrogen-bond donors (Lipinski definition) is 0. The Hall–Kier alpha value is -0.420. The molecule has 0 bridgehead atoms. The Morgan fingerprint density at radius 3 is 1.25 bits per heavy atom. The van der Waals surface area contributed by atoms with E-state index in [2.05, 4.69) is 12.1 Å². The summed E-state index contributed by atoms with van der Waals surface area (Å²) in [6, 6.07) is 4.81. The predicted octanol–water partition coefficient (Wildman–Crippen LogP) is 10.9. The van der Waals surface area contributed by atoms with Crippen molar-refractivity contribution in [2.24, 2.45) is 11.8 Å². The molecular weight excluding hydrogens is 527 g/mol. The second-order valence-electron chi connectivity index (χ2n) is 11.3. The molecule has 0 N–H and O–H groups in total. The van der Waals surface area contributed by atoms with Crippen LogP contribution in [-0.4, -0.2) is 10.5 Å². The summed E-state index contributed by atoms with van der Waals surface area (Å²) in [5, 5.41) is -0.287. The van der Waals surface area contributed by atoms with Crippen LogP contribution in [0, 0.1) is 11.8 Å². The fraction of sp³-hybridized carbons (Fsp3) is 0.733. The Morgan fingerprint density at radius 2 is 0.889 bits per heavy atom. The third kappa shape index (κ3) is 8.29. The lowest BCUT2D eigenvalue weighted by atomic mass is 9.87. The molecule has 2 aliphatic rings. The van der Waals surface area contributed by atoms with Crippen LogP contribution in [0.5, 0.6) is 0 Å². The summed E-state index contributed by atoms with van der Waals surface area (Å²) in [5.74, 6) is 0.837. The maximum atomic E-state index is 12.2. The number of rotatable bonds is 4. The summed E-state index contributed by atoms with van der Waals surface area (Å²) in [6.45, 7) is 0. The van der Waals surface area contributed by atoms with Crippen LogP contribution in [0.2, 0.25) is 0 Å². The van der Waals surface area contributed by atoms with E-state index in [0.29, 0.717) is 11.8 Å². The molecule has 36 heavy (non-hydrogen) atoms. The molecule has 0 aromatic carbocycles. The lowest BCUT2D eigenvalue weighted by Crippen LogP contribution is -2.13. The van der Waals surface area contributed by atoms with Crippen molar-refractivity contribution in [3.05, 3.63) is 21.9 Å². The molecular formula is C30H42Cl2O2S2. The van der Waals surface area contributed by atoms with Gasteiger partial charge in [0.25, 0.3) is 0 Å². The Bertz CT molecular complexity index is 876. The Kier molecular flexibility index (Phi) is 11.6. The van der Waals surface area contributed by atoms with Gasteiger partial charge in [-0.2, -0.15) is 0 Å². The lowest BCUT2D eigenvalue weighted by Gasteiger charge is -2.21. The summed E-state index contributed by atoms with van der Waals surface area (Å²) < 4.78 is 2.74. The number of carbonyl (C=O) groups is 2. The van der Waals surface area contributed by atoms with E-state index in [1.165, 1.54) is 83.4 Å². The minimum absolute atomic E-state index is 0.0116. The van der Waals surface area contributed by atoms with Crippen molar-refractivity contribution < 1.29 is 9.59 Å². The van der Waals surface area contributed by atoms with E-state index in [4.69, 9.17) is 23.2 Å². The molecule has 2 aliphatic carbocycles. The molecule has 4 unspecified atom stereocenters. The van der Waals surface area contributed by atoms with E-state index in [9.17, 15) is 9.59 Å². The smallest absolute Gasteiger partial charge is 0.224 e. The topological polar surface area (TPSA) is 34.1 Å². The molecule has 200 valence electrons. The van der Waals surface area contributed by atoms with Crippen molar-refractivity contribution >= 4 is 65.8 Å². The van der Waals surface area contributed by atoms with E-state index in [-0.39, 0.29) is 22.3 Å². The minimum Gasteiger partial charge on any atom is -0.281 e. The number of carbonyl (C=O) groups excluding carboxylic acids is 2. The van der Waals surface area contributed by atoms with Crippen LogP contribution in [0.4, 0.5) is 0 Å². The maximum absolute atomic E-state index is 12.2. The standard InChI is InChI=1S/C30H42Cl2O2S2/c31-29(33)23-15-11-7-3-1-5-9-13-21(17-23)25-19-27-28(35-25)20-26(36-27)22-14-10-6-2-4-8-12-16-24(18-22)30(32)34/h19-24H,1-18H2. The van der Waals surface area contributed by atoms with Gasteiger partial charge in [-0.25, -0.2) is 0 Å². The first-order chi connectivity index (χ1) is 17.5. The van der Waals surface area contributed by atoms with Crippen LogP contribution < -0.4 is 0 Å². The van der Waals surface area contributed by atoms with Gasteiger partial charge in [0.05, 0.1) is 0 Å². The van der Waals surface area contributed by atoms with Crippen molar-refractivity contribution in [2.75, 3.05) is 0 Å². The lowest BCUT2D eigenvalue weighted by molar-refractivity contribution is -0.116. The highest BCUT2D eigenvalue weighted by atomic mass is 35.5. The molecule has 2 heterocycles. The highest BCUT2D eigenvalue weighted by molar-refractivity contribution is 7.27. The third-order valence-electron chi connectivity index (χ3n) is 8.54.